The van der Waals surface area contributed by atoms with Gasteiger partial charge in [-0.25, -0.2) is 0 Å². The monoisotopic (exact) mass is 322 g/mol. The van der Waals surface area contributed by atoms with Crippen molar-refractivity contribution < 1.29 is 4.79 Å². The Labute approximate surface area is 122 Å². The molecule has 2 aliphatic heterocycles. The van der Waals surface area contributed by atoms with E-state index in [1.807, 2.05) is 29.2 Å². The molecule has 0 bridgehead atoms. The minimum absolute atomic E-state index is 0.169. The summed E-state index contributed by atoms with van der Waals surface area (Å²) in [5.41, 5.74) is 0.788. The number of benzene rings is 1. The smallest absolute Gasteiger partial charge is 0.253 e. The first-order chi connectivity index (χ1) is 9.24. The summed E-state index contributed by atoms with van der Waals surface area (Å²) in [5, 5.41) is 0. The van der Waals surface area contributed by atoms with Crippen molar-refractivity contribution in [2.75, 3.05) is 26.2 Å². The molecule has 1 aromatic rings. The first kappa shape index (κ1) is 13.1. The predicted molar refractivity (Wildman–Crippen MR) is 79.3 cm³/mol. The Morgan fingerprint density at radius 2 is 2.00 bits per heavy atom. The molecule has 2 fully saturated rings. The van der Waals surface area contributed by atoms with Gasteiger partial charge in [-0.2, -0.15) is 0 Å². The fourth-order valence-electron chi connectivity index (χ4n) is 3.14. The van der Waals surface area contributed by atoms with E-state index in [1.54, 1.807) is 0 Å². The summed E-state index contributed by atoms with van der Waals surface area (Å²) >= 11 is 3.43. The van der Waals surface area contributed by atoms with Crippen molar-refractivity contribution in [3.05, 3.63) is 34.3 Å². The molecule has 1 unspecified atom stereocenters. The van der Waals surface area contributed by atoms with Crippen molar-refractivity contribution in [2.24, 2.45) is 0 Å². The van der Waals surface area contributed by atoms with Gasteiger partial charge in [0, 0.05) is 29.2 Å². The van der Waals surface area contributed by atoms with Crippen LogP contribution in [0.4, 0.5) is 0 Å². The van der Waals surface area contributed by atoms with Gasteiger partial charge in [-0.1, -0.05) is 22.0 Å². The van der Waals surface area contributed by atoms with Crippen molar-refractivity contribution in [3.63, 3.8) is 0 Å². The Kier molecular flexibility index (Phi) is 3.89. The molecule has 19 heavy (non-hydrogen) atoms. The summed E-state index contributed by atoms with van der Waals surface area (Å²) in [6, 6.07) is 8.26. The van der Waals surface area contributed by atoms with E-state index in [1.165, 1.54) is 25.9 Å². The number of hydrogen-bond acceptors (Lipinski definition) is 2. The molecular formula is C15H19BrN2O. The number of carbonyl (C=O) groups is 1. The zero-order chi connectivity index (χ0) is 13.2. The van der Waals surface area contributed by atoms with E-state index in [0.717, 1.165) is 29.5 Å². The molecule has 0 aromatic heterocycles. The molecule has 0 spiro atoms. The van der Waals surface area contributed by atoms with Gasteiger partial charge in [-0.05, 0) is 50.6 Å². The molecule has 0 radical (unpaired) electrons. The number of nitrogens with zero attached hydrogens (tertiary/aromatic N) is 2. The number of rotatable bonds is 2. The number of likely N-dealkylation sites (tertiary alicyclic amines) is 2. The highest BCUT2D eigenvalue weighted by molar-refractivity contribution is 9.10. The van der Waals surface area contributed by atoms with Crippen LogP contribution < -0.4 is 0 Å². The maximum atomic E-state index is 12.4. The van der Waals surface area contributed by atoms with Gasteiger partial charge in [0.1, 0.15) is 0 Å². The van der Waals surface area contributed by atoms with Crippen molar-refractivity contribution in [2.45, 2.75) is 25.3 Å². The molecule has 0 saturated carbocycles. The Bertz CT molecular complexity index is 471. The number of amides is 1. The molecule has 3 nitrogen and oxygen atoms in total. The third-order valence-corrected chi connectivity index (χ3v) is 4.67. The molecule has 1 aromatic carbocycles. The average Bonchev–Trinajstić information content (AvgIpc) is 3.08. The van der Waals surface area contributed by atoms with Crippen LogP contribution in [-0.4, -0.2) is 47.9 Å². The maximum Gasteiger partial charge on any atom is 0.253 e. The van der Waals surface area contributed by atoms with Gasteiger partial charge in [0.2, 0.25) is 0 Å². The molecule has 2 heterocycles. The summed E-state index contributed by atoms with van der Waals surface area (Å²) in [7, 11) is 0. The predicted octanol–water partition coefficient (Wildman–Crippen LogP) is 2.76. The summed E-state index contributed by atoms with van der Waals surface area (Å²) in [5.74, 6) is 0.169. The van der Waals surface area contributed by atoms with Crippen molar-refractivity contribution in [1.82, 2.24) is 9.80 Å². The second kappa shape index (κ2) is 5.63. The van der Waals surface area contributed by atoms with Crippen molar-refractivity contribution in [1.29, 1.82) is 0 Å². The Hall–Kier alpha value is -0.870. The standard InChI is InChI=1S/C15H19BrN2O/c16-13-5-3-4-12(10-13)15(19)18-9-6-14(11-18)17-7-1-2-8-17/h3-5,10,14H,1-2,6-9,11H2. The van der Waals surface area contributed by atoms with E-state index in [0.29, 0.717) is 6.04 Å². The number of halogens is 1. The number of hydrogen-bond donors (Lipinski definition) is 0. The second-order valence-electron chi connectivity index (χ2n) is 5.45. The summed E-state index contributed by atoms with van der Waals surface area (Å²) in [6.07, 6.45) is 3.76. The summed E-state index contributed by atoms with van der Waals surface area (Å²) in [4.78, 5) is 17.0. The lowest BCUT2D eigenvalue weighted by molar-refractivity contribution is 0.0780. The van der Waals surface area contributed by atoms with Crippen LogP contribution in [0.1, 0.15) is 29.6 Å². The van der Waals surface area contributed by atoms with Gasteiger partial charge in [-0.15, -0.1) is 0 Å². The van der Waals surface area contributed by atoms with E-state index in [4.69, 9.17) is 0 Å². The lowest BCUT2D eigenvalue weighted by Crippen LogP contribution is -2.37. The van der Waals surface area contributed by atoms with Gasteiger partial charge in [0.05, 0.1) is 0 Å². The Morgan fingerprint density at radius 1 is 1.21 bits per heavy atom. The zero-order valence-corrected chi connectivity index (χ0v) is 12.6. The van der Waals surface area contributed by atoms with Crippen LogP contribution in [0.2, 0.25) is 0 Å². The van der Waals surface area contributed by atoms with Crippen LogP contribution in [-0.2, 0) is 0 Å². The molecule has 2 aliphatic rings. The van der Waals surface area contributed by atoms with E-state index in [-0.39, 0.29) is 5.91 Å². The normalized spacial score (nSPS) is 24.1. The van der Waals surface area contributed by atoms with Crippen molar-refractivity contribution in [3.8, 4) is 0 Å². The van der Waals surface area contributed by atoms with Crippen LogP contribution >= 0.6 is 15.9 Å². The third-order valence-electron chi connectivity index (χ3n) is 4.18. The van der Waals surface area contributed by atoms with Crippen LogP contribution in [0.5, 0.6) is 0 Å². The lowest BCUT2D eigenvalue weighted by atomic mass is 10.2. The van der Waals surface area contributed by atoms with Gasteiger partial charge in [-0.3, -0.25) is 9.69 Å². The molecule has 102 valence electrons. The van der Waals surface area contributed by atoms with Gasteiger partial charge in [0.25, 0.3) is 5.91 Å². The molecule has 3 rings (SSSR count). The highest BCUT2D eigenvalue weighted by Gasteiger charge is 2.31. The quantitative estimate of drug-likeness (QED) is 0.836. The molecule has 2 saturated heterocycles. The van der Waals surface area contributed by atoms with Gasteiger partial charge in [0.15, 0.2) is 0 Å². The largest absolute Gasteiger partial charge is 0.337 e. The molecule has 4 heteroatoms. The molecule has 1 amide bonds. The van der Waals surface area contributed by atoms with E-state index >= 15 is 0 Å². The lowest BCUT2D eigenvalue weighted by Gasteiger charge is -2.23. The highest BCUT2D eigenvalue weighted by Crippen LogP contribution is 2.22. The first-order valence-corrected chi connectivity index (χ1v) is 7.82. The fourth-order valence-corrected chi connectivity index (χ4v) is 3.53. The van der Waals surface area contributed by atoms with Gasteiger partial charge >= 0.3 is 0 Å². The molecule has 0 aliphatic carbocycles. The molecule has 0 N–H and O–H groups in total. The second-order valence-corrected chi connectivity index (χ2v) is 6.36. The summed E-state index contributed by atoms with van der Waals surface area (Å²) < 4.78 is 0.966. The topological polar surface area (TPSA) is 23.6 Å². The van der Waals surface area contributed by atoms with Gasteiger partial charge < -0.3 is 4.90 Å². The summed E-state index contributed by atoms with van der Waals surface area (Å²) in [6.45, 7) is 4.21. The Balaban J connectivity index is 1.65. The highest BCUT2D eigenvalue weighted by atomic mass is 79.9. The van der Waals surface area contributed by atoms with E-state index < -0.39 is 0 Å². The molecular weight excluding hydrogens is 304 g/mol. The maximum absolute atomic E-state index is 12.4. The Morgan fingerprint density at radius 3 is 2.74 bits per heavy atom. The fraction of sp³-hybridized carbons (Fsp3) is 0.533. The van der Waals surface area contributed by atoms with Crippen LogP contribution in [0.25, 0.3) is 0 Å². The number of carbonyl (C=O) groups excluding carboxylic acids is 1. The minimum Gasteiger partial charge on any atom is -0.337 e. The van der Waals surface area contributed by atoms with E-state index in [9.17, 15) is 4.79 Å². The molecule has 1 atom stereocenters. The minimum atomic E-state index is 0.169. The van der Waals surface area contributed by atoms with E-state index in [2.05, 4.69) is 20.8 Å². The van der Waals surface area contributed by atoms with Crippen LogP contribution in [0.3, 0.4) is 0 Å². The van der Waals surface area contributed by atoms with Crippen LogP contribution in [0, 0.1) is 0 Å². The third kappa shape index (κ3) is 2.84. The van der Waals surface area contributed by atoms with Crippen molar-refractivity contribution >= 4 is 21.8 Å². The van der Waals surface area contributed by atoms with Crippen LogP contribution in [0.15, 0.2) is 28.7 Å². The first-order valence-electron chi connectivity index (χ1n) is 7.03. The SMILES string of the molecule is O=C(c1cccc(Br)c1)N1CCC(N2CCCC2)C1. The average molecular weight is 323 g/mol. The zero-order valence-electron chi connectivity index (χ0n) is 11.0.